The number of benzene rings is 1. The maximum absolute atomic E-state index is 15.0. The fourth-order valence-corrected chi connectivity index (χ4v) is 6.80. The molecule has 6 nitrogen and oxygen atoms in total. The van der Waals surface area contributed by atoms with E-state index in [1.807, 2.05) is 19.1 Å². The van der Waals surface area contributed by atoms with Crippen LogP contribution < -0.4 is 15.6 Å². The van der Waals surface area contributed by atoms with Crippen molar-refractivity contribution >= 4 is 38.8 Å². The van der Waals surface area contributed by atoms with Gasteiger partial charge in [-0.15, -0.1) is 16.3 Å². The number of nitrogens with one attached hydrogen (secondary N) is 1. The lowest BCUT2D eigenvalue weighted by Crippen LogP contribution is -2.88. The smallest absolute Gasteiger partial charge is 0.263 e. The number of nitrogens with zero attached hydrogens (tertiary/aromatic N) is 3. The van der Waals surface area contributed by atoms with Gasteiger partial charge in [0.15, 0.2) is 11.5 Å². The van der Waals surface area contributed by atoms with E-state index in [4.69, 9.17) is 5.73 Å². The Labute approximate surface area is 188 Å². The Hall–Kier alpha value is -2.62. The van der Waals surface area contributed by atoms with E-state index in [1.165, 1.54) is 23.5 Å². The van der Waals surface area contributed by atoms with Crippen LogP contribution in [0.15, 0.2) is 24.3 Å². The molecule has 0 bridgehead atoms. The summed E-state index contributed by atoms with van der Waals surface area (Å²) in [6, 6.07) is 7.40. The van der Waals surface area contributed by atoms with Crippen LogP contribution in [0.1, 0.15) is 33.8 Å². The average molecular weight is 457 g/mol. The largest absolute Gasteiger partial charge is 0.397 e. The lowest BCUT2D eigenvalue weighted by Gasteiger charge is -2.64. The molecule has 0 saturated carbocycles. The van der Waals surface area contributed by atoms with Gasteiger partial charge in [0, 0.05) is 23.7 Å². The maximum atomic E-state index is 15.0. The van der Waals surface area contributed by atoms with E-state index in [-0.39, 0.29) is 30.3 Å². The molecule has 1 amide bonds. The van der Waals surface area contributed by atoms with Gasteiger partial charge in [0.25, 0.3) is 5.91 Å². The molecular weight excluding hydrogens is 432 g/mol. The number of pyridine rings is 1. The highest BCUT2D eigenvalue weighted by atomic mass is 32.1. The molecule has 3 aliphatic rings. The van der Waals surface area contributed by atoms with E-state index >= 15 is 0 Å². The first-order valence-electron chi connectivity index (χ1n) is 11.0. The number of halogens is 2. The standard InChI is InChI=1S/C23H23F2N5OS/c1-12-2-5-16-20(26)21(32-23(16)28-12)22(31)27-7-6-13-8-18(25)19(9-17(13)24)30-10-14-3-4-15(11-30)29(14)30/h2,5,8-9,14-15H,3-4,6-7,10-11H2,1H3,(H2-,26,27,31)/p+1. The van der Waals surface area contributed by atoms with Crippen LogP contribution in [0, 0.1) is 18.6 Å². The second-order valence-corrected chi connectivity index (χ2v) is 10.1. The number of piperazine rings is 1. The Morgan fingerprint density at radius 2 is 2.00 bits per heavy atom. The molecule has 3 fully saturated rings. The summed E-state index contributed by atoms with van der Waals surface area (Å²) < 4.78 is 30.3. The number of aryl methyl sites for hydroxylation is 1. The molecule has 2 atom stereocenters. The van der Waals surface area contributed by atoms with Crippen molar-refractivity contribution in [2.24, 2.45) is 0 Å². The molecule has 5 heterocycles. The van der Waals surface area contributed by atoms with Crippen molar-refractivity contribution in [3.8, 4) is 0 Å². The number of carbonyl (C=O) groups excluding carboxylic acids is 1. The highest BCUT2D eigenvalue weighted by Crippen LogP contribution is 2.53. The SMILES string of the molecule is Cc1ccc2c(N)c(C(=O)NCCc3cc(F)c([N+]45CC6CCC(C4)N65)cc3F)sc2n1. The van der Waals surface area contributed by atoms with Crippen molar-refractivity contribution in [2.75, 3.05) is 25.4 Å². The van der Waals surface area contributed by atoms with Gasteiger partial charge >= 0.3 is 0 Å². The third-order valence-corrected chi connectivity index (χ3v) is 8.35. The minimum atomic E-state index is -0.421. The van der Waals surface area contributed by atoms with E-state index in [9.17, 15) is 13.6 Å². The second-order valence-electron chi connectivity index (χ2n) is 9.10. The monoisotopic (exact) mass is 456 g/mol. The van der Waals surface area contributed by atoms with Gasteiger partial charge in [-0.1, -0.05) is 0 Å². The number of anilines is 1. The molecule has 1 aromatic carbocycles. The zero-order valence-corrected chi connectivity index (χ0v) is 18.5. The number of quaternary nitrogens is 1. The number of hydrogen-bond acceptors (Lipinski definition) is 5. The van der Waals surface area contributed by atoms with E-state index < -0.39 is 5.82 Å². The quantitative estimate of drug-likeness (QED) is 0.577. The van der Waals surface area contributed by atoms with Crippen molar-refractivity contribution in [3.63, 3.8) is 0 Å². The van der Waals surface area contributed by atoms with Crippen LogP contribution in [0.5, 0.6) is 0 Å². The Kier molecular flexibility index (Phi) is 4.34. The summed E-state index contributed by atoms with van der Waals surface area (Å²) in [4.78, 5) is 18.1. The lowest BCUT2D eigenvalue weighted by atomic mass is 10.0. The number of nitrogens with two attached hydrogens (primary N) is 1. The van der Waals surface area contributed by atoms with Crippen molar-refractivity contribution in [2.45, 2.75) is 38.3 Å². The first-order valence-corrected chi connectivity index (χ1v) is 11.8. The topological polar surface area (TPSA) is 71.2 Å². The number of hydrogen-bond donors (Lipinski definition) is 2. The molecule has 2 unspecified atom stereocenters. The van der Waals surface area contributed by atoms with Gasteiger partial charge in [0.2, 0.25) is 0 Å². The fourth-order valence-electron chi connectivity index (χ4n) is 5.75. The Morgan fingerprint density at radius 1 is 1.25 bits per heavy atom. The average Bonchev–Trinajstić information content (AvgIpc) is 3.10. The van der Waals surface area contributed by atoms with Crippen LogP contribution in [0.4, 0.5) is 20.2 Å². The number of rotatable bonds is 5. The third kappa shape index (κ3) is 2.74. The Morgan fingerprint density at radius 3 is 2.75 bits per heavy atom. The van der Waals surface area contributed by atoms with Crippen LogP contribution in [0.2, 0.25) is 0 Å². The minimum Gasteiger partial charge on any atom is -0.397 e. The van der Waals surface area contributed by atoms with Gasteiger partial charge in [-0.3, -0.25) is 4.79 Å². The molecule has 3 aromatic rings. The summed E-state index contributed by atoms with van der Waals surface area (Å²) in [5.41, 5.74) is 8.08. The summed E-state index contributed by atoms with van der Waals surface area (Å²) in [5, 5.41) is 5.85. The number of thiophene rings is 1. The zero-order valence-electron chi connectivity index (χ0n) is 17.7. The molecule has 2 aromatic heterocycles. The molecule has 0 radical (unpaired) electrons. The van der Waals surface area contributed by atoms with E-state index in [1.54, 1.807) is 0 Å². The van der Waals surface area contributed by atoms with Gasteiger partial charge in [-0.2, -0.15) is 0 Å². The zero-order chi connectivity index (χ0) is 22.2. The van der Waals surface area contributed by atoms with Gasteiger partial charge in [0.1, 0.15) is 40.7 Å². The first-order chi connectivity index (χ1) is 15.4. The van der Waals surface area contributed by atoms with Crippen LogP contribution >= 0.6 is 11.3 Å². The molecule has 9 heteroatoms. The molecule has 32 heavy (non-hydrogen) atoms. The minimum absolute atomic E-state index is 0.185. The number of fused-ring (bicyclic) bond motifs is 1. The van der Waals surface area contributed by atoms with Crippen molar-refractivity contribution in [3.05, 3.63) is 52.0 Å². The maximum Gasteiger partial charge on any atom is 0.263 e. The highest BCUT2D eigenvalue weighted by molar-refractivity contribution is 7.21. The van der Waals surface area contributed by atoms with Crippen molar-refractivity contribution in [1.29, 1.82) is 0 Å². The highest BCUT2D eigenvalue weighted by Gasteiger charge is 2.70. The van der Waals surface area contributed by atoms with Gasteiger partial charge < -0.3 is 11.1 Å². The second kappa shape index (κ2) is 6.94. The van der Waals surface area contributed by atoms with Gasteiger partial charge in [-0.25, -0.2) is 18.4 Å². The summed E-state index contributed by atoms with van der Waals surface area (Å²) >= 11 is 1.23. The molecule has 0 spiro atoms. The summed E-state index contributed by atoms with van der Waals surface area (Å²) in [6.07, 6.45) is 2.52. The van der Waals surface area contributed by atoms with Crippen LogP contribution in [0.3, 0.4) is 0 Å². The number of amides is 1. The molecule has 3 saturated heterocycles. The van der Waals surface area contributed by atoms with Gasteiger partial charge in [0.05, 0.1) is 5.69 Å². The summed E-state index contributed by atoms with van der Waals surface area (Å²) in [6.45, 7) is 3.80. The van der Waals surface area contributed by atoms with Crippen LogP contribution in [-0.2, 0) is 6.42 Å². The Balaban J connectivity index is 1.14. The fraction of sp³-hybridized carbons (Fsp3) is 0.391. The number of aromatic nitrogens is 1. The molecule has 6 rings (SSSR count). The van der Waals surface area contributed by atoms with E-state index in [2.05, 4.69) is 15.3 Å². The first kappa shape index (κ1) is 20.0. The predicted molar refractivity (Wildman–Crippen MR) is 121 cm³/mol. The van der Waals surface area contributed by atoms with Gasteiger partial charge in [-0.05, 0) is 49.9 Å². The lowest BCUT2D eigenvalue weighted by molar-refractivity contribution is -0.232. The van der Waals surface area contributed by atoms with Crippen LogP contribution in [-0.4, -0.2) is 47.6 Å². The predicted octanol–water partition coefficient (Wildman–Crippen LogP) is 3.52. The van der Waals surface area contributed by atoms with E-state index in [0.717, 1.165) is 37.0 Å². The van der Waals surface area contributed by atoms with Crippen LogP contribution in [0.25, 0.3) is 10.2 Å². The van der Waals surface area contributed by atoms with E-state index in [0.29, 0.717) is 37.8 Å². The normalized spacial score (nSPS) is 26.0. The molecule has 3 N–H and O–H groups in total. The molecular formula is C23H24F2N5OS+. The molecule has 3 aliphatic heterocycles. The van der Waals surface area contributed by atoms with Crippen molar-refractivity contribution < 1.29 is 13.6 Å². The molecule has 166 valence electrons. The molecule has 0 aliphatic carbocycles. The third-order valence-electron chi connectivity index (χ3n) is 7.23. The summed E-state index contributed by atoms with van der Waals surface area (Å²) in [7, 11) is 0. The summed E-state index contributed by atoms with van der Waals surface area (Å²) in [5.74, 6) is -1.12. The Bertz CT molecular complexity index is 1260. The number of nitrogen functional groups attached to an aromatic ring is 1. The number of carbonyl (C=O) groups is 1. The van der Waals surface area contributed by atoms with Crippen molar-refractivity contribution in [1.82, 2.24) is 19.9 Å².